The molecule has 1 aromatic rings. The number of aliphatic hydroxyl groups excluding tert-OH is 1. The fourth-order valence-corrected chi connectivity index (χ4v) is 1.06. The van der Waals surface area contributed by atoms with Crippen molar-refractivity contribution in [3.05, 3.63) is 35.9 Å². The third-order valence-corrected chi connectivity index (χ3v) is 1.82. The van der Waals surface area contributed by atoms with Crippen molar-refractivity contribution in [2.75, 3.05) is 0 Å². The highest BCUT2D eigenvalue weighted by molar-refractivity contribution is 5.20. The van der Waals surface area contributed by atoms with Crippen LogP contribution in [0.3, 0.4) is 0 Å². The van der Waals surface area contributed by atoms with Crippen molar-refractivity contribution < 1.29 is 5.11 Å². The molecule has 3 N–H and O–H groups in total. The van der Waals surface area contributed by atoms with Crippen LogP contribution in [0.4, 0.5) is 0 Å². The predicted molar refractivity (Wildman–Crippen MR) is 49.7 cm³/mol. The lowest BCUT2D eigenvalue weighted by Gasteiger charge is -2.25. The fourth-order valence-electron chi connectivity index (χ4n) is 1.06. The maximum Gasteiger partial charge on any atom is 0.0963 e. The molecule has 1 atom stereocenters. The smallest absolute Gasteiger partial charge is 0.0963 e. The molecule has 0 bridgehead atoms. The van der Waals surface area contributed by atoms with E-state index in [1.54, 1.807) is 0 Å². The van der Waals surface area contributed by atoms with Crippen molar-refractivity contribution in [1.82, 2.24) is 0 Å². The molecule has 0 aliphatic heterocycles. The van der Waals surface area contributed by atoms with Crippen LogP contribution in [0.1, 0.15) is 25.5 Å². The highest BCUT2D eigenvalue weighted by Crippen LogP contribution is 2.22. The van der Waals surface area contributed by atoms with Crippen molar-refractivity contribution in [2.24, 2.45) is 5.73 Å². The van der Waals surface area contributed by atoms with Crippen LogP contribution in [0, 0.1) is 0 Å². The zero-order valence-corrected chi connectivity index (χ0v) is 7.49. The highest BCUT2D eigenvalue weighted by atomic mass is 16.3. The molecule has 66 valence electrons. The maximum absolute atomic E-state index is 9.73. The molecule has 0 saturated heterocycles. The standard InChI is InChI=1S/C10H15NO/c1-10(2,11)9(12)8-6-4-3-5-7-8/h3-7,9,12H,11H2,1-2H3. The summed E-state index contributed by atoms with van der Waals surface area (Å²) in [7, 11) is 0. The lowest BCUT2D eigenvalue weighted by Crippen LogP contribution is -2.39. The first-order valence-electron chi connectivity index (χ1n) is 4.03. The van der Waals surface area contributed by atoms with Gasteiger partial charge in [-0.1, -0.05) is 30.3 Å². The Morgan fingerprint density at radius 1 is 1.25 bits per heavy atom. The minimum Gasteiger partial charge on any atom is -0.387 e. The summed E-state index contributed by atoms with van der Waals surface area (Å²) in [5, 5.41) is 9.73. The Morgan fingerprint density at radius 3 is 2.17 bits per heavy atom. The van der Waals surface area contributed by atoms with Gasteiger partial charge >= 0.3 is 0 Å². The summed E-state index contributed by atoms with van der Waals surface area (Å²) in [4.78, 5) is 0. The number of nitrogens with two attached hydrogens (primary N) is 1. The second kappa shape index (κ2) is 3.25. The number of hydrogen-bond acceptors (Lipinski definition) is 2. The SMILES string of the molecule is CC(C)(N)C(O)c1ccccc1. The predicted octanol–water partition coefficient (Wildman–Crippen LogP) is 1.46. The zero-order valence-electron chi connectivity index (χ0n) is 7.49. The van der Waals surface area contributed by atoms with Gasteiger partial charge in [-0.25, -0.2) is 0 Å². The largest absolute Gasteiger partial charge is 0.387 e. The van der Waals surface area contributed by atoms with Crippen molar-refractivity contribution in [2.45, 2.75) is 25.5 Å². The van der Waals surface area contributed by atoms with Gasteiger partial charge in [-0.2, -0.15) is 0 Å². The van der Waals surface area contributed by atoms with E-state index in [0.717, 1.165) is 5.56 Å². The Kier molecular flexibility index (Phi) is 2.50. The van der Waals surface area contributed by atoms with Crippen LogP contribution in [0.2, 0.25) is 0 Å². The molecular formula is C10H15NO. The molecular weight excluding hydrogens is 150 g/mol. The molecule has 0 fully saturated rings. The van der Waals surface area contributed by atoms with E-state index in [1.165, 1.54) is 0 Å². The number of aliphatic hydroxyl groups is 1. The molecule has 0 radical (unpaired) electrons. The molecule has 0 aliphatic carbocycles. The summed E-state index contributed by atoms with van der Waals surface area (Å²) in [5.74, 6) is 0. The minimum atomic E-state index is -0.598. The van der Waals surface area contributed by atoms with Crippen molar-refractivity contribution in [3.8, 4) is 0 Å². The van der Waals surface area contributed by atoms with Gasteiger partial charge in [-0.05, 0) is 19.4 Å². The molecule has 2 heteroatoms. The average Bonchev–Trinajstić information content (AvgIpc) is 2.03. The lowest BCUT2D eigenvalue weighted by atomic mass is 9.93. The van der Waals surface area contributed by atoms with E-state index < -0.39 is 11.6 Å². The van der Waals surface area contributed by atoms with Crippen molar-refractivity contribution in [1.29, 1.82) is 0 Å². The molecule has 0 amide bonds. The Labute approximate surface area is 73.0 Å². The first kappa shape index (κ1) is 9.23. The van der Waals surface area contributed by atoms with E-state index in [9.17, 15) is 5.11 Å². The van der Waals surface area contributed by atoms with Crippen LogP contribution in [0.5, 0.6) is 0 Å². The van der Waals surface area contributed by atoms with E-state index in [-0.39, 0.29) is 0 Å². The van der Waals surface area contributed by atoms with Crippen LogP contribution in [-0.4, -0.2) is 10.6 Å². The quantitative estimate of drug-likeness (QED) is 0.696. The number of hydrogen-bond donors (Lipinski definition) is 2. The third-order valence-electron chi connectivity index (χ3n) is 1.82. The summed E-state index contributed by atoms with van der Waals surface area (Å²) >= 11 is 0. The van der Waals surface area contributed by atoms with Crippen molar-refractivity contribution in [3.63, 3.8) is 0 Å². The molecule has 0 saturated carbocycles. The Balaban J connectivity index is 2.86. The summed E-state index contributed by atoms with van der Waals surface area (Å²) in [6, 6.07) is 9.45. The van der Waals surface area contributed by atoms with Crippen LogP contribution < -0.4 is 5.73 Å². The minimum absolute atomic E-state index is 0.582. The highest BCUT2D eigenvalue weighted by Gasteiger charge is 2.23. The molecule has 0 aliphatic rings. The van der Waals surface area contributed by atoms with Gasteiger partial charge in [0.25, 0.3) is 0 Å². The first-order chi connectivity index (χ1) is 5.52. The van der Waals surface area contributed by atoms with Gasteiger partial charge in [-0.3, -0.25) is 0 Å². The zero-order chi connectivity index (χ0) is 9.19. The second-order valence-electron chi connectivity index (χ2n) is 3.63. The molecule has 0 aromatic heterocycles. The average molecular weight is 165 g/mol. The summed E-state index contributed by atoms with van der Waals surface area (Å²) in [6.07, 6.45) is -0.598. The van der Waals surface area contributed by atoms with Gasteiger partial charge in [0.15, 0.2) is 0 Å². The summed E-state index contributed by atoms with van der Waals surface area (Å²) in [5.41, 5.74) is 6.04. The maximum atomic E-state index is 9.73. The normalized spacial score (nSPS) is 14.3. The number of benzene rings is 1. The Morgan fingerprint density at radius 2 is 1.75 bits per heavy atom. The van der Waals surface area contributed by atoms with Gasteiger partial charge < -0.3 is 10.8 Å². The molecule has 12 heavy (non-hydrogen) atoms. The van der Waals surface area contributed by atoms with E-state index in [4.69, 9.17) is 5.73 Å². The van der Waals surface area contributed by atoms with Crippen LogP contribution in [0.25, 0.3) is 0 Å². The van der Waals surface area contributed by atoms with Gasteiger partial charge in [0.05, 0.1) is 6.10 Å². The molecule has 1 aromatic carbocycles. The molecule has 2 nitrogen and oxygen atoms in total. The van der Waals surface area contributed by atoms with E-state index in [2.05, 4.69) is 0 Å². The van der Waals surface area contributed by atoms with E-state index in [1.807, 2.05) is 44.2 Å². The van der Waals surface area contributed by atoms with Crippen LogP contribution in [0.15, 0.2) is 30.3 Å². The van der Waals surface area contributed by atoms with E-state index >= 15 is 0 Å². The molecule has 0 spiro atoms. The van der Waals surface area contributed by atoms with Gasteiger partial charge in [0, 0.05) is 5.54 Å². The van der Waals surface area contributed by atoms with Gasteiger partial charge in [-0.15, -0.1) is 0 Å². The van der Waals surface area contributed by atoms with Gasteiger partial charge in [0.2, 0.25) is 0 Å². The van der Waals surface area contributed by atoms with Crippen molar-refractivity contribution >= 4 is 0 Å². The third kappa shape index (κ3) is 2.06. The summed E-state index contributed by atoms with van der Waals surface area (Å²) in [6.45, 7) is 3.62. The fraction of sp³-hybridized carbons (Fsp3) is 0.400. The molecule has 1 rings (SSSR count). The first-order valence-corrected chi connectivity index (χ1v) is 4.03. The van der Waals surface area contributed by atoms with Crippen LogP contribution >= 0.6 is 0 Å². The summed E-state index contributed by atoms with van der Waals surface area (Å²) < 4.78 is 0. The topological polar surface area (TPSA) is 46.2 Å². The number of rotatable bonds is 2. The van der Waals surface area contributed by atoms with Gasteiger partial charge in [0.1, 0.15) is 0 Å². The Bertz CT molecular complexity index is 238. The monoisotopic (exact) mass is 165 g/mol. The molecule has 0 heterocycles. The van der Waals surface area contributed by atoms with E-state index in [0.29, 0.717) is 0 Å². The molecule has 1 unspecified atom stereocenters. The lowest BCUT2D eigenvalue weighted by molar-refractivity contribution is 0.104. The second-order valence-corrected chi connectivity index (χ2v) is 3.63. The van der Waals surface area contributed by atoms with Crippen LogP contribution in [-0.2, 0) is 0 Å². The Hall–Kier alpha value is -0.860.